The van der Waals surface area contributed by atoms with Crippen LogP contribution in [0.1, 0.15) is 75.7 Å². The summed E-state index contributed by atoms with van der Waals surface area (Å²) < 4.78 is 25.5. The third-order valence-corrected chi connectivity index (χ3v) is 11.1. The number of phenols is 1. The van der Waals surface area contributed by atoms with Crippen LogP contribution in [0.5, 0.6) is 17.2 Å². The summed E-state index contributed by atoms with van der Waals surface area (Å²) in [6.07, 6.45) is 9.68. The fourth-order valence-electron chi connectivity index (χ4n) is 8.59. The molecule has 3 N–H and O–H groups in total. The molecular weight excluding hydrogens is 698 g/mol. The standard InChI is InChI=1S/C40H51N3O11/c1-3-21-51-40-35(42(2)39(47)52-29-16-13-27(14-17-29)43(48)49)25-33(41-54-36-12-6-9-22-50-36)31-23-26(10-4-7-19-44)30(11-5-8-20-45)37(38(31)40)32-24-28(46)15-18-34(32)53-40/h3,13-18,23-24,26,30,35-38,44-46H,1,4-12,19-22,25H2,2H3. The van der Waals surface area contributed by atoms with Crippen LogP contribution in [-0.2, 0) is 14.3 Å². The van der Waals surface area contributed by atoms with E-state index in [1.807, 2.05) is 0 Å². The van der Waals surface area contributed by atoms with Gasteiger partial charge in [-0.3, -0.25) is 10.1 Å². The summed E-state index contributed by atoms with van der Waals surface area (Å²) in [5, 5.41) is 46.4. The van der Waals surface area contributed by atoms with Crippen LogP contribution in [0.3, 0.4) is 0 Å². The lowest BCUT2D eigenvalue weighted by atomic mass is 9.55. The highest BCUT2D eigenvalue weighted by atomic mass is 16.8. The molecule has 2 aromatic rings. The number of aromatic hydroxyl groups is 1. The lowest BCUT2D eigenvalue weighted by Crippen LogP contribution is -2.69. The van der Waals surface area contributed by atoms with Gasteiger partial charge in [-0.15, -0.1) is 6.58 Å². The Bertz CT molecular complexity index is 1690. The maximum absolute atomic E-state index is 14.1. The highest BCUT2D eigenvalue weighted by Crippen LogP contribution is 2.61. The zero-order valence-corrected chi connectivity index (χ0v) is 30.7. The molecular formula is C40H51N3O11. The molecule has 2 heterocycles. The molecule has 0 bridgehead atoms. The summed E-state index contributed by atoms with van der Waals surface area (Å²) >= 11 is 0. The second-order valence-electron chi connectivity index (χ2n) is 14.4. The van der Waals surface area contributed by atoms with Gasteiger partial charge in [-0.2, -0.15) is 0 Å². The number of oxime groups is 1. The smallest absolute Gasteiger partial charge is 0.415 e. The molecule has 1 saturated carbocycles. The largest absolute Gasteiger partial charge is 0.508 e. The highest BCUT2D eigenvalue weighted by Gasteiger charge is 2.65. The summed E-state index contributed by atoms with van der Waals surface area (Å²) in [6, 6.07) is 9.45. The number of nitro benzene ring substituents is 1. The van der Waals surface area contributed by atoms with Crippen molar-refractivity contribution < 1.29 is 48.8 Å². The van der Waals surface area contributed by atoms with Crippen LogP contribution in [0.15, 0.2) is 71.9 Å². The van der Waals surface area contributed by atoms with E-state index in [0.29, 0.717) is 37.3 Å². The van der Waals surface area contributed by atoms with Crippen molar-refractivity contribution in [3.05, 3.63) is 82.4 Å². The average Bonchev–Trinajstić information content (AvgIpc) is 3.18. The number of non-ortho nitro benzene ring substituents is 1. The van der Waals surface area contributed by atoms with Gasteiger partial charge in [0.15, 0.2) is 0 Å². The van der Waals surface area contributed by atoms with Crippen molar-refractivity contribution in [3.8, 4) is 17.2 Å². The monoisotopic (exact) mass is 749 g/mol. The van der Waals surface area contributed by atoms with Gasteiger partial charge in [0.25, 0.3) is 5.69 Å². The number of rotatable bonds is 16. The summed E-state index contributed by atoms with van der Waals surface area (Å²) in [5.74, 6) is -1.59. The third kappa shape index (κ3) is 8.26. The van der Waals surface area contributed by atoms with Crippen LogP contribution in [0.2, 0.25) is 0 Å². The van der Waals surface area contributed by atoms with Gasteiger partial charge >= 0.3 is 6.09 Å². The predicted octanol–water partition coefficient (Wildman–Crippen LogP) is 6.59. The minimum absolute atomic E-state index is 0.000104. The summed E-state index contributed by atoms with van der Waals surface area (Å²) in [7, 11) is 1.60. The molecule has 4 aliphatic rings. The fourth-order valence-corrected chi connectivity index (χ4v) is 8.59. The second-order valence-corrected chi connectivity index (χ2v) is 14.4. The molecule has 2 fully saturated rings. The van der Waals surface area contributed by atoms with E-state index in [4.69, 9.17) is 28.9 Å². The van der Waals surface area contributed by atoms with Crippen molar-refractivity contribution in [2.24, 2.45) is 22.9 Å². The molecule has 7 unspecified atom stereocenters. The SMILES string of the molecule is C=CCOC12Oc3ccc(O)cc3C3C(CCCCO)C(CCCCO)C=C(C(=NOC4CCCCO4)CC1N(C)C(=O)Oc1ccc([N+](=O)[O-])cc1)C32. The number of carbonyl (C=O) groups excluding carboxylic acids is 1. The van der Waals surface area contributed by atoms with E-state index in [9.17, 15) is 30.2 Å². The summed E-state index contributed by atoms with van der Waals surface area (Å²) in [5.41, 5.74) is 2.12. The minimum Gasteiger partial charge on any atom is -0.508 e. The fraction of sp³-hybridized carbons (Fsp3) is 0.550. The predicted molar refractivity (Wildman–Crippen MR) is 198 cm³/mol. The van der Waals surface area contributed by atoms with Gasteiger partial charge < -0.3 is 44.0 Å². The van der Waals surface area contributed by atoms with E-state index >= 15 is 0 Å². The molecule has 292 valence electrons. The Labute approximate surface area is 315 Å². The maximum Gasteiger partial charge on any atom is 0.415 e. The van der Waals surface area contributed by atoms with E-state index in [-0.39, 0.29) is 61.2 Å². The van der Waals surface area contributed by atoms with Crippen molar-refractivity contribution in [2.75, 3.05) is 33.5 Å². The van der Waals surface area contributed by atoms with Gasteiger partial charge in [0.1, 0.15) is 23.3 Å². The normalized spacial score (nSPS) is 27.8. The molecule has 7 atom stereocenters. The topological polar surface area (TPSA) is 183 Å². The number of nitro groups is 1. The van der Waals surface area contributed by atoms with Crippen LogP contribution in [0, 0.1) is 27.9 Å². The van der Waals surface area contributed by atoms with E-state index in [0.717, 1.165) is 49.7 Å². The Morgan fingerprint density at radius 3 is 2.56 bits per heavy atom. The quantitative estimate of drug-likeness (QED) is 0.0729. The summed E-state index contributed by atoms with van der Waals surface area (Å²) in [6.45, 7) is 4.71. The molecule has 6 rings (SSSR count). The number of allylic oxidation sites excluding steroid dienone is 1. The number of phenolic OH excluding ortho intramolecular Hbond substituents is 1. The first-order chi connectivity index (χ1) is 26.2. The van der Waals surface area contributed by atoms with E-state index < -0.39 is 35.1 Å². The van der Waals surface area contributed by atoms with Crippen LogP contribution < -0.4 is 9.47 Å². The molecule has 1 saturated heterocycles. The number of aliphatic hydroxyl groups excluding tert-OH is 2. The molecule has 54 heavy (non-hydrogen) atoms. The van der Waals surface area contributed by atoms with Gasteiger partial charge in [0, 0.05) is 56.7 Å². The molecule has 2 aliphatic carbocycles. The van der Waals surface area contributed by atoms with Gasteiger partial charge in [-0.05, 0) is 86.3 Å². The number of unbranched alkanes of at least 4 members (excludes halogenated alkanes) is 2. The van der Waals surface area contributed by atoms with E-state index in [1.165, 1.54) is 29.2 Å². The first kappa shape index (κ1) is 39.2. The number of nitrogens with zero attached hydrogens (tertiary/aromatic N) is 3. The van der Waals surface area contributed by atoms with Crippen molar-refractivity contribution in [3.63, 3.8) is 0 Å². The Morgan fingerprint density at radius 2 is 1.87 bits per heavy atom. The number of fused-ring (bicyclic) bond motifs is 2. The lowest BCUT2D eigenvalue weighted by Gasteiger charge is -2.59. The highest BCUT2D eigenvalue weighted by molar-refractivity contribution is 6.03. The molecule has 2 aromatic carbocycles. The molecule has 1 amide bonds. The Hall–Kier alpha value is -4.50. The molecule has 0 spiro atoms. The second kappa shape index (κ2) is 17.8. The van der Waals surface area contributed by atoms with Crippen LogP contribution in [0.4, 0.5) is 10.5 Å². The molecule has 14 nitrogen and oxygen atoms in total. The van der Waals surface area contributed by atoms with Gasteiger partial charge in [0.2, 0.25) is 12.1 Å². The number of likely N-dealkylation sites (N-methyl/N-ethyl adjacent to an activating group) is 1. The van der Waals surface area contributed by atoms with Crippen LogP contribution in [-0.4, -0.2) is 88.5 Å². The Balaban J connectivity index is 1.50. The molecule has 14 heteroatoms. The van der Waals surface area contributed by atoms with E-state index in [1.54, 1.807) is 31.3 Å². The molecule has 0 radical (unpaired) electrons. The third-order valence-electron chi connectivity index (χ3n) is 11.1. The minimum atomic E-state index is -1.50. The molecule has 2 aliphatic heterocycles. The number of hydrogen-bond donors (Lipinski definition) is 3. The van der Waals surface area contributed by atoms with Crippen molar-refractivity contribution in [1.82, 2.24) is 4.90 Å². The first-order valence-corrected chi connectivity index (χ1v) is 18.9. The van der Waals surface area contributed by atoms with E-state index in [2.05, 4.69) is 12.7 Å². The number of benzene rings is 2. The van der Waals surface area contributed by atoms with Gasteiger partial charge in [-0.25, -0.2) is 4.79 Å². The van der Waals surface area contributed by atoms with Gasteiger partial charge in [-0.1, -0.05) is 30.1 Å². The summed E-state index contributed by atoms with van der Waals surface area (Å²) in [4.78, 5) is 32.3. The van der Waals surface area contributed by atoms with Gasteiger partial charge in [0.05, 0.1) is 29.8 Å². The van der Waals surface area contributed by atoms with Crippen LogP contribution >= 0.6 is 0 Å². The maximum atomic E-state index is 14.1. The first-order valence-electron chi connectivity index (χ1n) is 18.9. The van der Waals surface area contributed by atoms with Crippen molar-refractivity contribution >= 4 is 17.5 Å². The number of ether oxygens (including phenoxy) is 4. The zero-order chi connectivity index (χ0) is 38.2. The number of carbonyl (C=O) groups is 1. The number of hydrogen-bond acceptors (Lipinski definition) is 12. The Morgan fingerprint density at radius 1 is 1.11 bits per heavy atom. The Kier molecular flexibility index (Phi) is 12.9. The average molecular weight is 750 g/mol. The number of aliphatic hydroxyl groups is 2. The van der Waals surface area contributed by atoms with Crippen molar-refractivity contribution in [2.45, 2.75) is 88.2 Å². The number of amides is 1. The molecule has 0 aromatic heterocycles. The van der Waals surface area contributed by atoms with Crippen LogP contribution in [0.25, 0.3) is 0 Å². The van der Waals surface area contributed by atoms with Crippen molar-refractivity contribution in [1.29, 1.82) is 0 Å². The zero-order valence-electron chi connectivity index (χ0n) is 30.7. The lowest BCUT2D eigenvalue weighted by molar-refractivity contribution is -0.384.